The molecular weight excluding hydrogens is 336 g/mol. The summed E-state index contributed by atoms with van der Waals surface area (Å²) in [6.45, 7) is -1.76. The predicted octanol–water partition coefficient (Wildman–Crippen LogP) is -5.67. The van der Waals surface area contributed by atoms with Gasteiger partial charge in [0.15, 0.2) is 12.4 Å². The molecule has 0 aromatic heterocycles. The Kier molecular flexibility index (Phi) is 7.88. The highest BCUT2D eigenvalue weighted by atomic mass is 16.7. The molecule has 0 amide bonds. The monoisotopic (exact) mass is 358 g/mol. The molecule has 1 aliphatic heterocycles. The number of ether oxygens (including phenoxy) is 2. The van der Waals surface area contributed by atoms with E-state index in [0.717, 1.165) is 0 Å². The zero-order valence-electron chi connectivity index (χ0n) is 12.4. The van der Waals surface area contributed by atoms with Crippen LogP contribution in [0.1, 0.15) is 0 Å². The lowest BCUT2D eigenvalue weighted by molar-refractivity contribution is -0.326. The lowest BCUT2D eigenvalue weighted by Gasteiger charge is -2.42. The number of aliphatic carboxylic acids is 1. The van der Waals surface area contributed by atoms with Gasteiger partial charge in [0.05, 0.1) is 13.2 Å². The Morgan fingerprint density at radius 1 is 1.04 bits per heavy atom. The summed E-state index contributed by atoms with van der Waals surface area (Å²) in [5, 5.41) is 84.5. The number of aliphatic hydroxyl groups excluding tert-OH is 8. The Morgan fingerprint density at radius 3 is 2.08 bits per heavy atom. The van der Waals surface area contributed by atoms with Crippen LogP contribution < -0.4 is 0 Å². The first-order valence-corrected chi connectivity index (χ1v) is 6.99. The molecule has 0 spiro atoms. The van der Waals surface area contributed by atoms with Crippen LogP contribution in [0.5, 0.6) is 0 Å². The van der Waals surface area contributed by atoms with Crippen molar-refractivity contribution < 1.29 is 60.2 Å². The Labute approximate surface area is 135 Å². The molecule has 1 saturated heterocycles. The van der Waals surface area contributed by atoms with Gasteiger partial charge < -0.3 is 55.4 Å². The van der Waals surface area contributed by atoms with E-state index in [1.807, 2.05) is 0 Å². The molecule has 0 bridgehead atoms. The lowest BCUT2D eigenvalue weighted by atomic mass is 9.98. The molecule has 0 radical (unpaired) electrons. The van der Waals surface area contributed by atoms with Crippen molar-refractivity contribution in [3.8, 4) is 0 Å². The van der Waals surface area contributed by atoms with Crippen molar-refractivity contribution in [3.05, 3.63) is 0 Å². The fourth-order valence-corrected chi connectivity index (χ4v) is 2.16. The van der Waals surface area contributed by atoms with E-state index in [4.69, 9.17) is 24.8 Å². The number of rotatable bonds is 8. The van der Waals surface area contributed by atoms with Crippen LogP contribution in [0.2, 0.25) is 0 Å². The number of hydrogen-bond donors (Lipinski definition) is 9. The summed E-state index contributed by atoms with van der Waals surface area (Å²) in [4.78, 5) is 10.7. The standard InChI is InChI=1S/C12H22O12/c13-1-3(15)10(7(18)8(19)11(21)22)24-12-9(20)6(17)5(16)4(2-14)23-12/h3-10,12-20H,1-2H2,(H,21,22)/t3-,4-,5-,6+,7-,8+,9-,10+,12+/m1/s1. The maximum atomic E-state index is 10.7. The van der Waals surface area contributed by atoms with Crippen molar-refractivity contribution in [2.75, 3.05) is 13.2 Å². The molecule has 12 heteroatoms. The van der Waals surface area contributed by atoms with Crippen molar-refractivity contribution in [2.45, 2.75) is 55.1 Å². The van der Waals surface area contributed by atoms with E-state index < -0.39 is 74.3 Å². The average Bonchev–Trinajstić information content (AvgIpc) is 2.57. The van der Waals surface area contributed by atoms with E-state index >= 15 is 0 Å². The zero-order valence-corrected chi connectivity index (χ0v) is 12.4. The average molecular weight is 358 g/mol. The molecule has 1 fully saturated rings. The van der Waals surface area contributed by atoms with E-state index in [9.17, 15) is 35.4 Å². The van der Waals surface area contributed by atoms with Gasteiger partial charge in [-0.25, -0.2) is 4.79 Å². The molecule has 0 aliphatic carbocycles. The number of carboxylic acid groups (broad SMARTS) is 1. The minimum absolute atomic E-state index is 0.766. The molecule has 9 N–H and O–H groups in total. The summed E-state index contributed by atoms with van der Waals surface area (Å²) in [7, 11) is 0. The Bertz CT molecular complexity index is 403. The second-order valence-electron chi connectivity index (χ2n) is 5.32. The Morgan fingerprint density at radius 2 is 1.62 bits per heavy atom. The maximum absolute atomic E-state index is 10.7. The molecule has 0 saturated carbocycles. The molecular formula is C12H22O12. The van der Waals surface area contributed by atoms with Gasteiger partial charge in [0, 0.05) is 0 Å². The summed E-state index contributed by atoms with van der Waals surface area (Å²) < 4.78 is 9.98. The Hall–Kier alpha value is -0.930. The minimum Gasteiger partial charge on any atom is -0.479 e. The minimum atomic E-state index is -2.39. The molecule has 1 heterocycles. The van der Waals surface area contributed by atoms with Crippen LogP contribution in [-0.2, 0) is 14.3 Å². The van der Waals surface area contributed by atoms with E-state index in [1.54, 1.807) is 0 Å². The SMILES string of the molecule is O=C(O)[C@@H](O)[C@@H](O)[C@@H](O[C@@H]1O[C@H](CO)[C@@H](O)[C@H](O)[C@H]1O)[C@H](O)CO. The van der Waals surface area contributed by atoms with Gasteiger partial charge in [-0.2, -0.15) is 0 Å². The van der Waals surface area contributed by atoms with Gasteiger partial charge in [0.1, 0.15) is 42.7 Å². The van der Waals surface area contributed by atoms with Gasteiger partial charge in [0.2, 0.25) is 0 Å². The summed E-state index contributed by atoms with van der Waals surface area (Å²) in [5.74, 6) is -1.84. The quantitative estimate of drug-likeness (QED) is 0.198. The topological polar surface area (TPSA) is 218 Å². The van der Waals surface area contributed by atoms with Gasteiger partial charge >= 0.3 is 5.97 Å². The summed E-state index contributed by atoms with van der Waals surface area (Å²) in [5.41, 5.74) is 0. The number of carboxylic acids is 1. The second kappa shape index (κ2) is 8.96. The van der Waals surface area contributed by atoms with Crippen LogP contribution >= 0.6 is 0 Å². The molecule has 24 heavy (non-hydrogen) atoms. The lowest BCUT2D eigenvalue weighted by Crippen LogP contribution is -2.61. The Balaban J connectivity index is 2.94. The third-order valence-electron chi connectivity index (χ3n) is 3.62. The molecule has 142 valence electrons. The first-order chi connectivity index (χ1) is 11.1. The smallest absolute Gasteiger partial charge is 0.335 e. The number of carbonyl (C=O) groups is 1. The highest BCUT2D eigenvalue weighted by Crippen LogP contribution is 2.24. The van der Waals surface area contributed by atoms with Crippen LogP contribution in [0.3, 0.4) is 0 Å². The van der Waals surface area contributed by atoms with Gasteiger partial charge in [-0.3, -0.25) is 0 Å². The highest BCUT2D eigenvalue weighted by Gasteiger charge is 2.47. The molecule has 9 atom stereocenters. The first kappa shape index (κ1) is 21.1. The fraction of sp³-hybridized carbons (Fsp3) is 0.917. The fourth-order valence-electron chi connectivity index (χ4n) is 2.16. The summed E-state index contributed by atoms with van der Waals surface area (Å²) in [6, 6.07) is 0. The number of hydrogen-bond acceptors (Lipinski definition) is 11. The van der Waals surface area contributed by atoms with Gasteiger partial charge in [-0.1, -0.05) is 0 Å². The molecule has 12 nitrogen and oxygen atoms in total. The summed E-state index contributed by atoms with van der Waals surface area (Å²) >= 11 is 0. The van der Waals surface area contributed by atoms with Crippen LogP contribution in [0.15, 0.2) is 0 Å². The largest absolute Gasteiger partial charge is 0.479 e. The molecule has 1 aliphatic rings. The summed E-state index contributed by atoms with van der Waals surface area (Å²) in [6.07, 6.45) is -16.9. The van der Waals surface area contributed by atoms with Crippen LogP contribution in [0, 0.1) is 0 Å². The molecule has 0 aromatic carbocycles. The van der Waals surface area contributed by atoms with Crippen LogP contribution in [0.25, 0.3) is 0 Å². The highest BCUT2D eigenvalue weighted by molar-refractivity contribution is 5.72. The first-order valence-electron chi connectivity index (χ1n) is 6.99. The maximum Gasteiger partial charge on any atom is 0.335 e. The van der Waals surface area contributed by atoms with Gasteiger partial charge in [0.25, 0.3) is 0 Å². The molecule has 1 rings (SSSR count). The molecule has 0 unspecified atom stereocenters. The van der Waals surface area contributed by atoms with Gasteiger partial charge in [-0.05, 0) is 0 Å². The van der Waals surface area contributed by atoms with Crippen molar-refractivity contribution in [1.29, 1.82) is 0 Å². The second-order valence-corrected chi connectivity index (χ2v) is 5.32. The van der Waals surface area contributed by atoms with Crippen molar-refractivity contribution in [2.24, 2.45) is 0 Å². The van der Waals surface area contributed by atoms with E-state index in [-0.39, 0.29) is 0 Å². The van der Waals surface area contributed by atoms with E-state index in [2.05, 4.69) is 0 Å². The zero-order chi connectivity index (χ0) is 18.6. The van der Waals surface area contributed by atoms with E-state index in [0.29, 0.717) is 0 Å². The predicted molar refractivity (Wildman–Crippen MR) is 71.4 cm³/mol. The van der Waals surface area contributed by atoms with Crippen molar-refractivity contribution in [1.82, 2.24) is 0 Å². The molecule has 0 aromatic rings. The van der Waals surface area contributed by atoms with Crippen molar-refractivity contribution >= 4 is 5.97 Å². The van der Waals surface area contributed by atoms with E-state index in [1.165, 1.54) is 0 Å². The third-order valence-corrected chi connectivity index (χ3v) is 3.62. The van der Waals surface area contributed by atoms with Gasteiger partial charge in [-0.15, -0.1) is 0 Å². The van der Waals surface area contributed by atoms with Crippen molar-refractivity contribution in [3.63, 3.8) is 0 Å². The normalized spacial score (nSPS) is 35.9. The number of aliphatic hydroxyl groups is 8. The third kappa shape index (κ3) is 4.58. The van der Waals surface area contributed by atoms with Crippen LogP contribution in [-0.4, -0.2) is 120 Å². The van der Waals surface area contributed by atoms with Crippen LogP contribution in [0.4, 0.5) is 0 Å².